The van der Waals surface area contributed by atoms with Crippen molar-refractivity contribution in [2.45, 2.75) is 19.5 Å². The minimum Gasteiger partial charge on any atom is -0.206 e. The molecule has 23 heavy (non-hydrogen) atoms. The number of hydrogen-bond donors (Lipinski definition) is 0. The molecule has 6 heteroatoms. The van der Waals surface area contributed by atoms with E-state index in [1.165, 1.54) is 12.1 Å². The van der Waals surface area contributed by atoms with E-state index in [0.29, 0.717) is 12.5 Å². The van der Waals surface area contributed by atoms with Crippen molar-refractivity contribution in [1.29, 1.82) is 0 Å². The molecule has 0 nitrogen and oxygen atoms in total. The van der Waals surface area contributed by atoms with Crippen LogP contribution in [0.25, 0.3) is 17.2 Å². The molecule has 0 saturated heterocycles. The molecule has 0 unspecified atom stereocenters. The van der Waals surface area contributed by atoms with E-state index in [1.807, 2.05) is 6.92 Å². The molecule has 2 aromatic rings. The van der Waals surface area contributed by atoms with Crippen LogP contribution in [0.2, 0.25) is 0 Å². The Bertz CT molecular complexity index is 720. The van der Waals surface area contributed by atoms with Crippen molar-refractivity contribution in [3.8, 4) is 11.1 Å². The fourth-order valence-corrected chi connectivity index (χ4v) is 2.09. The first-order chi connectivity index (χ1) is 10.7. The van der Waals surface area contributed by atoms with Crippen LogP contribution in [0.5, 0.6) is 0 Å². The molecule has 0 aliphatic carbocycles. The molecule has 0 amide bonds. The molecule has 0 aliphatic heterocycles. The molecule has 0 saturated carbocycles. The van der Waals surface area contributed by atoms with Crippen LogP contribution >= 0.6 is 0 Å². The predicted octanol–water partition coefficient (Wildman–Crippen LogP) is 5.91. The Labute approximate surface area is 129 Å². The molecule has 2 rings (SSSR count). The lowest BCUT2D eigenvalue weighted by Crippen LogP contribution is -2.01. The number of allylic oxidation sites excluding steroid dienone is 1. The lowest BCUT2D eigenvalue weighted by molar-refractivity contribution is -0.0790. The standard InChI is InChI=1S/C17H12F6/c1-2-10-3-4-12(14(18)7-10)11-8-15(19)13(16(20)9-11)5-6-17(21,22)23/h3-9H,2H2,1H3. The van der Waals surface area contributed by atoms with E-state index in [2.05, 4.69) is 0 Å². The van der Waals surface area contributed by atoms with Crippen molar-refractivity contribution in [2.75, 3.05) is 0 Å². The summed E-state index contributed by atoms with van der Waals surface area (Å²) < 4.78 is 78.0. The zero-order valence-electron chi connectivity index (χ0n) is 12.0. The van der Waals surface area contributed by atoms with Gasteiger partial charge in [0, 0.05) is 17.2 Å². The van der Waals surface area contributed by atoms with Crippen LogP contribution in [0.15, 0.2) is 36.4 Å². The molecule has 2 aromatic carbocycles. The van der Waals surface area contributed by atoms with Gasteiger partial charge in [0.05, 0.1) is 0 Å². The zero-order chi connectivity index (χ0) is 17.2. The van der Waals surface area contributed by atoms with Crippen molar-refractivity contribution < 1.29 is 26.3 Å². The SMILES string of the molecule is CCc1ccc(-c2cc(F)c(C=CC(F)(F)F)c(F)c2)c(F)c1. The van der Waals surface area contributed by atoms with Crippen molar-refractivity contribution >= 4 is 6.08 Å². The summed E-state index contributed by atoms with van der Waals surface area (Å²) in [5.41, 5.74) is -0.204. The van der Waals surface area contributed by atoms with Crippen LogP contribution in [0.4, 0.5) is 26.3 Å². The second kappa shape index (κ2) is 6.48. The summed E-state index contributed by atoms with van der Waals surface area (Å²) in [4.78, 5) is 0. The Kier molecular flexibility index (Phi) is 4.82. The molecule has 0 spiro atoms. The molecule has 0 radical (unpaired) electrons. The Hall–Kier alpha value is -2.24. The first-order valence-electron chi connectivity index (χ1n) is 6.75. The van der Waals surface area contributed by atoms with Gasteiger partial charge in [-0.25, -0.2) is 13.2 Å². The number of rotatable bonds is 3. The van der Waals surface area contributed by atoms with Gasteiger partial charge in [-0.1, -0.05) is 19.1 Å². The molecule has 0 fully saturated rings. The molecule has 0 aromatic heterocycles. The lowest BCUT2D eigenvalue weighted by atomic mass is 10.00. The monoisotopic (exact) mass is 330 g/mol. The van der Waals surface area contributed by atoms with E-state index in [-0.39, 0.29) is 17.2 Å². The lowest BCUT2D eigenvalue weighted by Gasteiger charge is -2.08. The van der Waals surface area contributed by atoms with Crippen LogP contribution in [0.1, 0.15) is 18.1 Å². The van der Waals surface area contributed by atoms with E-state index in [4.69, 9.17) is 0 Å². The number of aryl methyl sites for hydroxylation is 1. The number of halogens is 6. The summed E-state index contributed by atoms with van der Waals surface area (Å²) >= 11 is 0. The molecule has 0 bridgehead atoms. The highest BCUT2D eigenvalue weighted by Crippen LogP contribution is 2.29. The van der Waals surface area contributed by atoms with E-state index in [9.17, 15) is 26.3 Å². The summed E-state index contributed by atoms with van der Waals surface area (Å²) in [5, 5.41) is 0. The molecule has 0 aliphatic rings. The van der Waals surface area contributed by atoms with Crippen LogP contribution in [-0.4, -0.2) is 6.18 Å². The van der Waals surface area contributed by atoms with E-state index < -0.39 is 29.2 Å². The molecule has 0 atom stereocenters. The molecular formula is C17H12F6. The summed E-state index contributed by atoms with van der Waals surface area (Å²) in [7, 11) is 0. The highest BCUT2D eigenvalue weighted by atomic mass is 19.4. The molecule has 0 N–H and O–H groups in total. The fourth-order valence-electron chi connectivity index (χ4n) is 2.09. The van der Waals surface area contributed by atoms with Gasteiger partial charge in [0.25, 0.3) is 0 Å². The minimum absolute atomic E-state index is 0.0219. The summed E-state index contributed by atoms with van der Waals surface area (Å²) in [6.45, 7) is 1.83. The normalized spacial score (nSPS) is 12.1. The smallest absolute Gasteiger partial charge is 0.206 e. The third kappa shape index (κ3) is 4.15. The number of alkyl halides is 3. The minimum atomic E-state index is -4.68. The first kappa shape index (κ1) is 17.1. The van der Waals surface area contributed by atoms with Gasteiger partial charge in [-0.05, 0) is 41.8 Å². The topological polar surface area (TPSA) is 0 Å². The van der Waals surface area contributed by atoms with Crippen molar-refractivity contribution in [1.82, 2.24) is 0 Å². The van der Waals surface area contributed by atoms with Crippen LogP contribution < -0.4 is 0 Å². The van der Waals surface area contributed by atoms with Gasteiger partial charge in [0.1, 0.15) is 17.5 Å². The maximum absolute atomic E-state index is 14.0. The average Bonchev–Trinajstić information content (AvgIpc) is 2.44. The molecule has 0 heterocycles. The first-order valence-corrected chi connectivity index (χ1v) is 6.75. The average molecular weight is 330 g/mol. The van der Waals surface area contributed by atoms with E-state index >= 15 is 0 Å². The number of hydrogen-bond acceptors (Lipinski definition) is 0. The third-order valence-electron chi connectivity index (χ3n) is 3.27. The summed E-state index contributed by atoms with van der Waals surface area (Å²) in [6.07, 6.45) is -4.03. The van der Waals surface area contributed by atoms with Crippen LogP contribution in [-0.2, 0) is 6.42 Å². The van der Waals surface area contributed by atoms with Gasteiger partial charge in [-0.15, -0.1) is 0 Å². The maximum atomic E-state index is 14.0. The largest absolute Gasteiger partial charge is 0.409 e. The van der Waals surface area contributed by atoms with Gasteiger partial charge >= 0.3 is 6.18 Å². The van der Waals surface area contributed by atoms with Crippen molar-refractivity contribution in [3.63, 3.8) is 0 Å². The van der Waals surface area contributed by atoms with Crippen molar-refractivity contribution in [3.05, 3.63) is 65.0 Å². The van der Waals surface area contributed by atoms with Gasteiger partial charge in [0.15, 0.2) is 0 Å². The highest BCUT2D eigenvalue weighted by molar-refractivity contribution is 5.67. The van der Waals surface area contributed by atoms with Gasteiger partial charge in [0.2, 0.25) is 0 Å². The Morgan fingerprint density at radius 2 is 1.52 bits per heavy atom. The molecule has 122 valence electrons. The third-order valence-corrected chi connectivity index (χ3v) is 3.27. The maximum Gasteiger partial charge on any atom is 0.409 e. The summed E-state index contributed by atoms with van der Waals surface area (Å²) in [6, 6.07) is 5.87. The Morgan fingerprint density at radius 3 is 2.00 bits per heavy atom. The number of benzene rings is 2. The van der Waals surface area contributed by atoms with Gasteiger partial charge in [-0.2, -0.15) is 13.2 Å². The second-order valence-corrected chi connectivity index (χ2v) is 4.90. The second-order valence-electron chi connectivity index (χ2n) is 4.90. The van der Waals surface area contributed by atoms with Crippen molar-refractivity contribution in [2.24, 2.45) is 0 Å². The Balaban J connectivity index is 2.46. The van der Waals surface area contributed by atoms with E-state index in [0.717, 1.165) is 17.7 Å². The highest BCUT2D eigenvalue weighted by Gasteiger charge is 2.23. The predicted molar refractivity (Wildman–Crippen MR) is 76.2 cm³/mol. The van der Waals surface area contributed by atoms with Crippen LogP contribution in [0.3, 0.4) is 0 Å². The fraction of sp³-hybridized carbons (Fsp3) is 0.176. The quantitative estimate of drug-likeness (QED) is 0.614. The van der Waals surface area contributed by atoms with Crippen LogP contribution in [0, 0.1) is 17.5 Å². The van der Waals surface area contributed by atoms with Gasteiger partial charge < -0.3 is 0 Å². The molecular weight excluding hydrogens is 318 g/mol. The Morgan fingerprint density at radius 1 is 0.913 bits per heavy atom. The van der Waals surface area contributed by atoms with E-state index in [1.54, 1.807) is 6.07 Å². The van der Waals surface area contributed by atoms with Gasteiger partial charge in [-0.3, -0.25) is 0 Å². The zero-order valence-corrected chi connectivity index (χ0v) is 12.0. The summed E-state index contributed by atoms with van der Waals surface area (Å²) in [5.74, 6) is -3.04.